The molecule has 0 radical (unpaired) electrons. The van der Waals surface area contributed by atoms with Crippen molar-refractivity contribution in [3.8, 4) is 0 Å². The van der Waals surface area contributed by atoms with E-state index in [0.29, 0.717) is 24.5 Å². The largest absolute Gasteiger partial charge is 0.381 e. The summed E-state index contributed by atoms with van der Waals surface area (Å²) in [5.41, 5.74) is 1.19. The Morgan fingerprint density at radius 2 is 1.52 bits per heavy atom. The van der Waals surface area contributed by atoms with Crippen molar-refractivity contribution in [2.24, 2.45) is 0 Å². The molecule has 1 aromatic rings. The van der Waals surface area contributed by atoms with Gasteiger partial charge in [0.1, 0.15) is 0 Å². The summed E-state index contributed by atoms with van der Waals surface area (Å²) >= 11 is 0. The number of hydrogen-bond donors (Lipinski definition) is 4. The molecule has 0 unspecified atom stereocenters. The molecule has 1 aromatic carbocycles. The predicted molar refractivity (Wildman–Crippen MR) is 114 cm³/mol. The minimum atomic E-state index is -0.220. The van der Waals surface area contributed by atoms with Gasteiger partial charge in [-0.3, -0.25) is 4.79 Å². The second-order valence-corrected chi connectivity index (χ2v) is 9.53. The number of anilines is 1. The van der Waals surface area contributed by atoms with Crippen LogP contribution in [0, 0.1) is 0 Å². The highest BCUT2D eigenvalue weighted by Gasteiger charge is 2.38. The van der Waals surface area contributed by atoms with Crippen LogP contribution in [0.15, 0.2) is 24.3 Å². The Morgan fingerprint density at radius 1 is 0.931 bits per heavy atom. The van der Waals surface area contributed by atoms with E-state index in [1.807, 2.05) is 0 Å². The molecule has 2 aliphatic rings. The van der Waals surface area contributed by atoms with Crippen LogP contribution in [0.1, 0.15) is 63.7 Å². The van der Waals surface area contributed by atoms with Gasteiger partial charge in [0.15, 0.2) is 0 Å². The van der Waals surface area contributed by atoms with Crippen LogP contribution in [0.25, 0.3) is 0 Å². The van der Waals surface area contributed by atoms with E-state index in [1.54, 1.807) is 24.3 Å². The summed E-state index contributed by atoms with van der Waals surface area (Å²) in [7, 11) is 0. The van der Waals surface area contributed by atoms with Gasteiger partial charge in [-0.25, -0.2) is 4.79 Å². The zero-order valence-corrected chi connectivity index (χ0v) is 17.9. The summed E-state index contributed by atoms with van der Waals surface area (Å²) in [5, 5.41) is 12.6. The lowest BCUT2D eigenvalue weighted by Gasteiger charge is -2.46. The van der Waals surface area contributed by atoms with Gasteiger partial charge in [-0.05, 0) is 77.6 Å². The number of nitrogens with one attached hydrogen (secondary N) is 4. The number of ether oxygens (including phenoxy) is 1. The molecule has 2 saturated heterocycles. The van der Waals surface area contributed by atoms with Gasteiger partial charge in [0.25, 0.3) is 5.91 Å². The summed E-state index contributed by atoms with van der Waals surface area (Å²) in [6.45, 7) is 10.0. The van der Waals surface area contributed by atoms with Crippen LogP contribution in [-0.4, -0.2) is 48.3 Å². The lowest BCUT2D eigenvalue weighted by molar-refractivity contribution is 0.0696. The second kappa shape index (κ2) is 8.71. The fourth-order valence-electron chi connectivity index (χ4n) is 4.59. The van der Waals surface area contributed by atoms with Crippen molar-refractivity contribution >= 4 is 17.6 Å². The quantitative estimate of drug-likeness (QED) is 0.623. The first-order chi connectivity index (χ1) is 13.6. The van der Waals surface area contributed by atoms with Crippen LogP contribution in [-0.2, 0) is 4.74 Å². The average Bonchev–Trinajstić information content (AvgIpc) is 2.60. The zero-order chi connectivity index (χ0) is 21.1. The van der Waals surface area contributed by atoms with Gasteiger partial charge < -0.3 is 26.0 Å². The van der Waals surface area contributed by atoms with Crippen LogP contribution < -0.4 is 21.3 Å². The molecule has 0 spiro atoms. The first kappa shape index (κ1) is 21.6. The Hall–Kier alpha value is -2.12. The smallest absolute Gasteiger partial charge is 0.319 e. The standard InChI is InChI=1S/C22H34N4O3/c1-21(2)13-18(14-22(3,4)26-21)25-20(28)24-16-7-5-15(6-8-16)19(27)23-17-9-11-29-12-10-17/h5-8,17-18,26H,9-14H2,1-4H3,(H,23,27)(H2,24,25,28). The Bertz CT molecular complexity index is 708. The van der Waals surface area contributed by atoms with Gasteiger partial charge >= 0.3 is 6.03 Å². The third-order valence-electron chi connectivity index (χ3n) is 5.49. The number of amides is 3. The van der Waals surface area contributed by atoms with Crippen molar-refractivity contribution in [1.82, 2.24) is 16.0 Å². The van der Waals surface area contributed by atoms with E-state index in [2.05, 4.69) is 49.0 Å². The lowest BCUT2D eigenvalue weighted by atomic mass is 9.80. The van der Waals surface area contributed by atoms with Crippen LogP contribution in [0.4, 0.5) is 10.5 Å². The molecule has 0 bridgehead atoms. The van der Waals surface area contributed by atoms with Crippen molar-refractivity contribution in [2.45, 2.75) is 76.5 Å². The van der Waals surface area contributed by atoms with Crippen molar-refractivity contribution in [2.75, 3.05) is 18.5 Å². The predicted octanol–water partition coefficient (Wildman–Crippen LogP) is 3.03. The number of carbonyl (C=O) groups excluding carboxylic acids is 2. The topological polar surface area (TPSA) is 91.5 Å². The molecule has 2 aliphatic heterocycles. The number of hydrogen-bond acceptors (Lipinski definition) is 4. The molecule has 160 valence electrons. The SMILES string of the molecule is CC1(C)CC(NC(=O)Nc2ccc(C(=O)NC3CCOCC3)cc2)CC(C)(C)N1. The number of urea groups is 1. The molecule has 0 aliphatic carbocycles. The van der Waals surface area contributed by atoms with Crippen LogP contribution in [0.5, 0.6) is 0 Å². The van der Waals surface area contributed by atoms with Crippen LogP contribution in [0.2, 0.25) is 0 Å². The highest BCUT2D eigenvalue weighted by atomic mass is 16.5. The fourth-order valence-corrected chi connectivity index (χ4v) is 4.59. The van der Waals surface area contributed by atoms with E-state index in [9.17, 15) is 9.59 Å². The normalized spacial score (nSPS) is 21.9. The molecule has 3 amide bonds. The van der Waals surface area contributed by atoms with E-state index < -0.39 is 0 Å². The van der Waals surface area contributed by atoms with E-state index in [1.165, 1.54) is 0 Å². The Kier molecular flexibility index (Phi) is 6.49. The summed E-state index contributed by atoms with van der Waals surface area (Å²) in [6.07, 6.45) is 3.43. The Morgan fingerprint density at radius 3 is 2.10 bits per heavy atom. The zero-order valence-electron chi connectivity index (χ0n) is 17.9. The van der Waals surface area contributed by atoms with Crippen molar-refractivity contribution < 1.29 is 14.3 Å². The molecule has 4 N–H and O–H groups in total. The van der Waals surface area contributed by atoms with Gasteiger partial charge in [0.2, 0.25) is 0 Å². The van der Waals surface area contributed by atoms with Gasteiger partial charge in [0.05, 0.1) is 0 Å². The molecule has 0 aromatic heterocycles. The Labute approximate surface area is 173 Å². The van der Waals surface area contributed by atoms with Crippen LogP contribution in [0.3, 0.4) is 0 Å². The summed E-state index contributed by atoms with van der Waals surface area (Å²) in [5.74, 6) is -0.0907. The number of piperidine rings is 1. The fraction of sp³-hybridized carbons (Fsp3) is 0.636. The number of benzene rings is 1. The minimum absolute atomic E-state index is 0.0286. The molecule has 3 rings (SSSR count). The maximum absolute atomic E-state index is 12.5. The van der Waals surface area contributed by atoms with E-state index in [4.69, 9.17) is 4.74 Å². The third-order valence-corrected chi connectivity index (χ3v) is 5.49. The molecule has 7 heteroatoms. The molecular weight excluding hydrogens is 368 g/mol. The van der Waals surface area contributed by atoms with E-state index >= 15 is 0 Å². The molecular formula is C22H34N4O3. The van der Waals surface area contributed by atoms with Crippen molar-refractivity contribution in [3.05, 3.63) is 29.8 Å². The summed E-state index contributed by atoms with van der Waals surface area (Å²) < 4.78 is 5.32. The molecule has 0 atom stereocenters. The maximum Gasteiger partial charge on any atom is 0.319 e. The maximum atomic E-state index is 12.5. The average molecular weight is 403 g/mol. The monoisotopic (exact) mass is 402 g/mol. The second-order valence-electron chi connectivity index (χ2n) is 9.53. The van der Waals surface area contributed by atoms with Crippen molar-refractivity contribution in [1.29, 1.82) is 0 Å². The summed E-state index contributed by atoms with van der Waals surface area (Å²) in [4.78, 5) is 24.8. The van der Waals surface area contributed by atoms with E-state index in [-0.39, 0.29) is 35.1 Å². The number of carbonyl (C=O) groups is 2. The van der Waals surface area contributed by atoms with Gasteiger partial charge in [-0.2, -0.15) is 0 Å². The highest BCUT2D eigenvalue weighted by Crippen LogP contribution is 2.28. The molecule has 2 fully saturated rings. The lowest BCUT2D eigenvalue weighted by Crippen LogP contribution is -2.62. The first-order valence-corrected chi connectivity index (χ1v) is 10.5. The first-order valence-electron chi connectivity index (χ1n) is 10.5. The third kappa shape index (κ3) is 6.44. The molecule has 29 heavy (non-hydrogen) atoms. The number of rotatable bonds is 4. The van der Waals surface area contributed by atoms with Crippen molar-refractivity contribution in [3.63, 3.8) is 0 Å². The van der Waals surface area contributed by atoms with Gasteiger partial charge in [-0.15, -0.1) is 0 Å². The van der Waals surface area contributed by atoms with E-state index in [0.717, 1.165) is 25.7 Å². The highest BCUT2D eigenvalue weighted by molar-refractivity contribution is 5.95. The molecule has 7 nitrogen and oxygen atoms in total. The molecule has 2 heterocycles. The van der Waals surface area contributed by atoms with Gasteiger partial charge in [0, 0.05) is 47.6 Å². The Balaban J connectivity index is 1.51. The van der Waals surface area contributed by atoms with Crippen LogP contribution >= 0.6 is 0 Å². The molecule has 0 saturated carbocycles. The minimum Gasteiger partial charge on any atom is -0.381 e. The van der Waals surface area contributed by atoms with Gasteiger partial charge in [-0.1, -0.05) is 0 Å². The summed E-state index contributed by atoms with van der Waals surface area (Å²) in [6, 6.07) is 7.04.